The molecule has 0 radical (unpaired) electrons. The first-order valence-electron chi connectivity index (χ1n) is 5.71. The van der Waals surface area contributed by atoms with Crippen LogP contribution in [0.15, 0.2) is 18.2 Å². The van der Waals surface area contributed by atoms with Crippen molar-refractivity contribution in [3.8, 4) is 5.75 Å². The zero-order chi connectivity index (χ0) is 12.3. The van der Waals surface area contributed by atoms with E-state index in [1.165, 1.54) is 18.6 Å². The summed E-state index contributed by atoms with van der Waals surface area (Å²) in [4.78, 5) is 11.9. The smallest absolute Gasteiger partial charge is 0.265 e. The number of rotatable bonds is 2. The number of nitrogens with one attached hydrogen (secondary N) is 1. The Morgan fingerprint density at radius 3 is 2.65 bits per heavy atom. The molecule has 0 atom stereocenters. The van der Waals surface area contributed by atoms with Crippen molar-refractivity contribution in [1.29, 1.82) is 0 Å². The summed E-state index contributed by atoms with van der Waals surface area (Å²) < 4.78 is 0. The molecule has 5 heteroatoms. The Kier molecular flexibility index (Phi) is 3.86. The van der Waals surface area contributed by atoms with Crippen molar-refractivity contribution in [2.45, 2.75) is 19.3 Å². The van der Waals surface area contributed by atoms with Crippen LogP contribution < -0.4 is 5.43 Å². The van der Waals surface area contributed by atoms with Crippen molar-refractivity contribution in [2.24, 2.45) is 0 Å². The highest BCUT2D eigenvalue weighted by Gasteiger charge is 2.14. The molecular formula is C12H15ClN2O2. The second-order valence-corrected chi connectivity index (χ2v) is 4.56. The normalized spacial score (nSPS) is 16.8. The molecule has 1 aliphatic heterocycles. The van der Waals surface area contributed by atoms with Crippen LogP contribution in [0.5, 0.6) is 5.75 Å². The molecule has 0 unspecified atom stereocenters. The molecule has 0 aliphatic carbocycles. The predicted molar refractivity (Wildman–Crippen MR) is 66.0 cm³/mol. The fraction of sp³-hybridized carbons (Fsp3) is 0.417. The number of aromatic hydroxyl groups is 1. The summed E-state index contributed by atoms with van der Waals surface area (Å²) >= 11 is 5.76. The van der Waals surface area contributed by atoms with Crippen molar-refractivity contribution >= 4 is 17.5 Å². The van der Waals surface area contributed by atoms with E-state index in [4.69, 9.17) is 11.6 Å². The largest absolute Gasteiger partial charge is 0.506 e. The van der Waals surface area contributed by atoms with Crippen LogP contribution in [0, 0.1) is 0 Å². The van der Waals surface area contributed by atoms with Gasteiger partial charge in [-0.2, -0.15) is 0 Å². The number of phenols is 1. The summed E-state index contributed by atoms with van der Waals surface area (Å²) in [5.41, 5.74) is 3.29. The van der Waals surface area contributed by atoms with Gasteiger partial charge >= 0.3 is 0 Å². The van der Waals surface area contributed by atoms with Crippen molar-refractivity contribution in [3.63, 3.8) is 0 Å². The third kappa shape index (κ3) is 3.11. The molecule has 1 heterocycles. The van der Waals surface area contributed by atoms with Gasteiger partial charge in [-0.25, -0.2) is 5.01 Å². The van der Waals surface area contributed by atoms with Gasteiger partial charge in [-0.3, -0.25) is 10.2 Å². The average molecular weight is 255 g/mol. The molecule has 0 bridgehead atoms. The fourth-order valence-electron chi connectivity index (χ4n) is 1.86. The quantitative estimate of drug-likeness (QED) is 0.851. The molecule has 2 rings (SSSR count). The third-order valence-electron chi connectivity index (χ3n) is 2.83. The first-order valence-corrected chi connectivity index (χ1v) is 6.09. The van der Waals surface area contributed by atoms with Gasteiger partial charge < -0.3 is 5.11 Å². The molecule has 1 amide bonds. The highest BCUT2D eigenvalue weighted by atomic mass is 35.5. The number of halogens is 1. The minimum Gasteiger partial charge on any atom is -0.506 e. The van der Waals surface area contributed by atoms with E-state index in [-0.39, 0.29) is 16.7 Å². The van der Waals surface area contributed by atoms with E-state index in [0.717, 1.165) is 25.9 Å². The summed E-state index contributed by atoms with van der Waals surface area (Å²) in [5.74, 6) is -0.199. The molecule has 92 valence electrons. The SMILES string of the molecule is O=C(NN1CCCCC1)c1ccc(O)c(Cl)c1. The third-order valence-corrected chi connectivity index (χ3v) is 3.13. The Morgan fingerprint density at radius 1 is 1.29 bits per heavy atom. The second-order valence-electron chi connectivity index (χ2n) is 4.15. The zero-order valence-electron chi connectivity index (χ0n) is 9.45. The number of hydrazine groups is 1. The molecule has 1 saturated heterocycles. The molecule has 1 fully saturated rings. The number of hydrogen-bond acceptors (Lipinski definition) is 3. The maximum absolute atomic E-state index is 11.9. The van der Waals surface area contributed by atoms with Crippen LogP contribution in [0.4, 0.5) is 0 Å². The minimum absolute atomic E-state index is 0.0128. The lowest BCUT2D eigenvalue weighted by Gasteiger charge is -2.26. The number of nitrogens with zero attached hydrogens (tertiary/aromatic N) is 1. The Hall–Kier alpha value is -1.26. The van der Waals surface area contributed by atoms with Crippen LogP contribution in [-0.4, -0.2) is 29.1 Å². The van der Waals surface area contributed by atoms with Gasteiger partial charge in [0.05, 0.1) is 5.02 Å². The monoisotopic (exact) mass is 254 g/mol. The van der Waals surface area contributed by atoms with Crippen molar-refractivity contribution in [1.82, 2.24) is 10.4 Å². The Morgan fingerprint density at radius 2 is 2.00 bits per heavy atom. The van der Waals surface area contributed by atoms with Gasteiger partial charge in [0.2, 0.25) is 0 Å². The molecule has 1 aromatic carbocycles. The van der Waals surface area contributed by atoms with Crippen molar-refractivity contribution in [2.75, 3.05) is 13.1 Å². The van der Waals surface area contributed by atoms with E-state index in [0.29, 0.717) is 5.56 Å². The summed E-state index contributed by atoms with van der Waals surface area (Å²) in [6, 6.07) is 4.45. The van der Waals surface area contributed by atoms with Crippen LogP contribution in [0.2, 0.25) is 5.02 Å². The zero-order valence-corrected chi connectivity index (χ0v) is 10.2. The number of hydrogen-bond donors (Lipinski definition) is 2. The van der Waals surface area contributed by atoms with Gasteiger partial charge in [-0.05, 0) is 31.0 Å². The van der Waals surface area contributed by atoms with E-state index in [9.17, 15) is 9.90 Å². The Bertz CT molecular complexity index is 417. The molecule has 17 heavy (non-hydrogen) atoms. The minimum atomic E-state index is -0.186. The summed E-state index contributed by atoms with van der Waals surface area (Å²) in [6.45, 7) is 1.77. The molecule has 4 nitrogen and oxygen atoms in total. The van der Waals surface area contributed by atoms with E-state index in [1.807, 2.05) is 5.01 Å². The van der Waals surface area contributed by atoms with Crippen LogP contribution in [0.3, 0.4) is 0 Å². The molecule has 2 N–H and O–H groups in total. The van der Waals surface area contributed by atoms with Gasteiger partial charge in [-0.1, -0.05) is 18.0 Å². The molecule has 0 spiro atoms. The Balaban J connectivity index is 2.01. The van der Waals surface area contributed by atoms with Crippen molar-refractivity contribution in [3.05, 3.63) is 28.8 Å². The maximum atomic E-state index is 11.9. The van der Waals surface area contributed by atoms with Crippen LogP contribution in [-0.2, 0) is 0 Å². The van der Waals surface area contributed by atoms with Gasteiger partial charge in [0.1, 0.15) is 5.75 Å². The van der Waals surface area contributed by atoms with E-state index in [1.54, 1.807) is 6.07 Å². The molecule has 0 saturated carbocycles. The molecular weight excluding hydrogens is 240 g/mol. The molecule has 1 aromatic rings. The lowest BCUT2D eigenvalue weighted by atomic mass is 10.1. The second kappa shape index (κ2) is 5.38. The first-order chi connectivity index (χ1) is 8.16. The molecule has 1 aliphatic rings. The number of benzene rings is 1. The van der Waals surface area contributed by atoms with E-state index >= 15 is 0 Å². The summed E-state index contributed by atoms with van der Waals surface area (Å²) in [6.07, 6.45) is 3.44. The average Bonchev–Trinajstić information content (AvgIpc) is 2.34. The topological polar surface area (TPSA) is 52.6 Å². The lowest BCUT2D eigenvalue weighted by molar-refractivity contribution is 0.0750. The predicted octanol–water partition coefficient (Wildman–Crippen LogP) is 2.18. The number of carbonyl (C=O) groups is 1. The number of phenolic OH excluding ortho intramolecular Hbond substituents is 1. The van der Waals surface area contributed by atoms with E-state index in [2.05, 4.69) is 5.43 Å². The van der Waals surface area contributed by atoms with Crippen molar-refractivity contribution < 1.29 is 9.90 Å². The first kappa shape index (κ1) is 12.2. The summed E-state index contributed by atoms with van der Waals surface area (Å²) in [7, 11) is 0. The fourth-order valence-corrected chi connectivity index (χ4v) is 2.04. The highest BCUT2D eigenvalue weighted by molar-refractivity contribution is 6.32. The van der Waals surface area contributed by atoms with Crippen LogP contribution >= 0.6 is 11.6 Å². The van der Waals surface area contributed by atoms with Gasteiger partial charge in [-0.15, -0.1) is 0 Å². The van der Waals surface area contributed by atoms with Crippen LogP contribution in [0.25, 0.3) is 0 Å². The number of amides is 1. The van der Waals surface area contributed by atoms with Gasteiger partial charge in [0.15, 0.2) is 0 Å². The number of carbonyl (C=O) groups excluding carboxylic acids is 1. The van der Waals surface area contributed by atoms with Gasteiger partial charge in [0, 0.05) is 18.7 Å². The van der Waals surface area contributed by atoms with Gasteiger partial charge in [0.25, 0.3) is 5.91 Å². The van der Waals surface area contributed by atoms with Crippen LogP contribution in [0.1, 0.15) is 29.6 Å². The van der Waals surface area contributed by atoms with E-state index < -0.39 is 0 Å². The summed E-state index contributed by atoms with van der Waals surface area (Å²) in [5, 5.41) is 11.4. The molecule has 0 aromatic heterocycles. The number of piperidine rings is 1. The standard InChI is InChI=1S/C12H15ClN2O2/c13-10-8-9(4-5-11(10)16)12(17)14-15-6-2-1-3-7-15/h4-5,8,16H,1-3,6-7H2,(H,14,17). The Labute approximate surface area is 105 Å². The lowest BCUT2D eigenvalue weighted by Crippen LogP contribution is -2.45. The maximum Gasteiger partial charge on any atom is 0.265 e. The highest BCUT2D eigenvalue weighted by Crippen LogP contribution is 2.23.